The third-order valence-electron chi connectivity index (χ3n) is 0.996. The van der Waals surface area contributed by atoms with E-state index >= 15 is 0 Å². The lowest BCUT2D eigenvalue weighted by atomic mass is 10.2. The molecule has 56 valence electrons. The fourth-order valence-corrected chi connectivity index (χ4v) is 0.415. The van der Waals surface area contributed by atoms with Gasteiger partial charge in [0, 0.05) is 5.57 Å². The molecule has 0 fully saturated rings. The summed E-state index contributed by atoms with van der Waals surface area (Å²) >= 11 is 0. The van der Waals surface area contributed by atoms with Crippen molar-refractivity contribution in [1.82, 2.24) is 0 Å². The minimum atomic E-state index is -0.721. The maximum Gasteiger partial charge on any atom is 0.368 e. The lowest BCUT2D eigenvalue weighted by molar-refractivity contribution is -0.229. The van der Waals surface area contributed by atoms with Crippen LogP contribution in [0, 0.1) is 0 Å². The van der Waals surface area contributed by atoms with Crippen LogP contribution in [0.1, 0.15) is 13.3 Å². The number of hydrogen-bond donors (Lipinski definition) is 1. The molecule has 0 aromatic heterocycles. The Hall–Kier alpha value is -1.09. The van der Waals surface area contributed by atoms with Crippen molar-refractivity contribution in [3.63, 3.8) is 0 Å². The average molecular weight is 142 g/mol. The highest BCUT2D eigenvalue weighted by Gasteiger charge is 2.01. The monoisotopic (exact) mass is 142 g/mol. The molecule has 0 unspecified atom stereocenters. The molecule has 1 N–H and O–H groups in total. The van der Waals surface area contributed by atoms with Crippen molar-refractivity contribution in [3.05, 3.63) is 24.3 Å². The highest BCUT2D eigenvalue weighted by molar-refractivity contribution is 5.87. The van der Waals surface area contributed by atoms with Crippen LogP contribution in [0.4, 0.5) is 0 Å². The first kappa shape index (κ1) is 8.91. The van der Waals surface area contributed by atoms with E-state index in [0.29, 0.717) is 12.0 Å². The number of carbonyl (C=O) groups excluding carboxylic acids is 1. The topological polar surface area (TPSA) is 46.5 Å². The predicted molar refractivity (Wildman–Crippen MR) is 37.3 cm³/mol. The smallest absolute Gasteiger partial charge is 0.296 e. The molecule has 10 heavy (non-hydrogen) atoms. The lowest BCUT2D eigenvalue weighted by Crippen LogP contribution is -2.01. The Morgan fingerprint density at radius 3 is 2.80 bits per heavy atom. The van der Waals surface area contributed by atoms with Crippen molar-refractivity contribution in [3.8, 4) is 0 Å². The highest BCUT2D eigenvalue weighted by atomic mass is 17.1. The van der Waals surface area contributed by atoms with Crippen molar-refractivity contribution in [2.24, 2.45) is 0 Å². The van der Waals surface area contributed by atoms with Crippen LogP contribution in [0.3, 0.4) is 0 Å². The Morgan fingerprint density at radius 2 is 2.40 bits per heavy atom. The van der Waals surface area contributed by atoms with Crippen LogP contribution in [0.15, 0.2) is 24.3 Å². The van der Waals surface area contributed by atoms with Crippen molar-refractivity contribution >= 4 is 5.97 Å². The average Bonchev–Trinajstić information content (AvgIpc) is 1.98. The van der Waals surface area contributed by atoms with E-state index in [-0.39, 0.29) is 0 Å². The van der Waals surface area contributed by atoms with Gasteiger partial charge < -0.3 is 0 Å². The summed E-state index contributed by atoms with van der Waals surface area (Å²) in [5.41, 5.74) is 0.377. The molecule has 0 aliphatic carbocycles. The van der Waals surface area contributed by atoms with Crippen LogP contribution in [0.25, 0.3) is 0 Å². The van der Waals surface area contributed by atoms with Crippen LogP contribution < -0.4 is 0 Å². The molecule has 0 atom stereocenters. The van der Waals surface area contributed by atoms with E-state index in [4.69, 9.17) is 5.26 Å². The second-order valence-electron chi connectivity index (χ2n) is 1.79. The molecule has 3 heteroatoms. The number of carbonyl (C=O) groups is 1. The van der Waals surface area contributed by atoms with Gasteiger partial charge in [-0.15, -0.1) is 6.58 Å². The summed E-state index contributed by atoms with van der Waals surface area (Å²) in [6.45, 7) is 5.02. The number of hydrogen-bond acceptors (Lipinski definition) is 3. The predicted octanol–water partition coefficient (Wildman–Crippen LogP) is 1.52. The van der Waals surface area contributed by atoms with Crippen molar-refractivity contribution in [2.45, 2.75) is 13.3 Å². The maximum absolute atomic E-state index is 10.4. The van der Waals surface area contributed by atoms with E-state index in [2.05, 4.69) is 11.5 Å². The van der Waals surface area contributed by atoms with Gasteiger partial charge in [0.2, 0.25) is 0 Å². The summed E-state index contributed by atoms with van der Waals surface area (Å²) in [4.78, 5) is 13.9. The molecule has 0 amide bonds. The van der Waals surface area contributed by atoms with Gasteiger partial charge in [-0.3, -0.25) is 4.89 Å². The molecule has 0 aromatic rings. The van der Waals surface area contributed by atoms with Crippen molar-refractivity contribution in [2.75, 3.05) is 0 Å². The molecule has 0 rings (SSSR count). The van der Waals surface area contributed by atoms with E-state index in [0.717, 1.165) is 0 Å². The van der Waals surface area contributed by atoms with Crippen LogP contribution in [-0.2, 0) is 9.68 Å². The second kappa shape index (κ2) is 4.76. The molecule has 0 spiro atoms. The highest BCUT2D eigenvalue weighted by Crippen LogP contribution is 1.97. The number of rotatable bonds is 3. The SMILES string of the molecule is C=CCC=C(C)C(=O)OO. The van der Waals surface area contributed by atoms with E-state index < -0.39 is 5.97 Å². The lowest BCUT2D eigenvalue weighted by Gasteiger charge is -1.92. The summed E-state index contributed by atoms with van der Waals surface area (Å²) < 4.78 is 0. The first-order valence-corrected chi connectivity index (χ1v) is 2.85. The van der Waals surface area contributed by atoms with E-state index in [1.54, 1.807) is 19.1 Å². The zero-order valence-corrected chi connectivity index (χ0v) is 5.83. The Labute approximate surface area is 59.5 Å². The summed E-state index contributed by atoms with van der Waals surface area (Å²) in [6.07, 6.45) is 3.86. The maximum atomic E-state index is 10.4. The minimum absolute atomic E-state index is 0.377. The minimum Gasteiger partial charge on any atom is -0.296 e. The largest absolute Gasteiger partial charge is 0.368 e. The van der Waals surface area contributed by atoms with Gasteiger partial charge in [0.05, 0.1) is 0 Å². The summed E-state index contributed by atoms with van der Waals surface area (Å²) in [6, 6.07) is 0. The zero-order valence-electron chi connectivity index (χ0n) is 5.83. The molecular formula is C7H10O3. The normalized spacial score (nSPS) is 10.8. The third-order valence-corrected chi connectivity index (χ3v) is 0.996. The Kier molecular flexibility index (Phi) is 4.24. The summed E-state index contributed by atoms with van der Waals surface area (Å²) in [5.74, 6) is -0.721. The number of allylic oxidation sites excluding steroid dienone is 2. The van der Waals surface area contributed by atoms with Gasteiger partial charge in [0.25, 0.3) is 0 Å². The first-order valence-electron chi connectivity index (χ1n) is 2.85. The molecular weight excluding hydrogens is 132 g/mol. The van der Waals surface area contributed by atoms with Gasteiger partial charge in [-0.05, 0) is 13.3 Å². The summed E-state index contributed by atoms with van der Waals surface area (Å²) in [7, 11) is 0. The van der Waals surface area contributed by atoms with E-state index in [9.17, 15) is 4.79 Å². The quantitative estimate of drug-likeness (QED) is 0.281. The molecule has 0 saturated carbocycles. The van der Waals surface area contributed by atoms with Crippen LogP contribution in [0.5, 0.6) is 0 Å². The van der Waals surface area contributed by atoms with Gasteiger partial charge >= 0.3 is 5.97 Å². The van der Waals surface area contributed by atoms with Gasteiger partial charge in [-0.1, -0.05) is 12.2 Å². The fourth-order valence-electron chi connectivity index (χ4n) is 0.415. The van der Waals surface area contributed by atoms with E-state index in [1.165, 1.54) is 0 Å². The van der Waals surface area contributed by atoms with Gasteiger partial charge in [0.1, 0.15) is 0 Å². The van der Waals surface area contributed by atoms with Crippen LogP contribution in [0.2, 0.25) is 0 Å². The molecule has 0 saturated heterocycles. The fraction of sp³-hybridized carbons (Fsp3) is 0.286. The Balaban J connectivity index is 3.91. The van der Waals surface area contributed by atoms with Crippen LogP contribution in [-0.4, -0.2) is 11.2 Å². The molecule has 3 nitrogen and oxygen atoms in total. The molecule has 0 aromatic carbocycles. The van der Waals surface area contributed by atoms with Gasteiger partial charge in [-0.2, -0.15) is 5.26 Å². The first-order chi connectivity index (χ1) is 4.72. The van der Waals surface area contributed by atoms with Gasteiger partial charge in [0.15, 0.2) is 0 Å². The molecule has 0 bridgehead atoms. The summed E-state index contributed by atoms with van der Waals surface area (Å²) in [5, 5.41) is 7.89. The zero-order chi connectivity index (χ0) is 7.98. The standard InChI is InChI=1S/C7H10O3/c1-3-4-5-6(2)7(8)10-9/h3,5,9H,1,4H2,2H3. The second-order valence-corrected chi connectivity index (χ2v) is 1.79. The van der Waals surface area contributed by atoms with Crippen molar-refractivity contribution < 1.29 is 14.9 Å². The molecule has 0 aliphatic rings. The van der Waals surface area contributed by atoms with Gasteiger partial charge in [-0.25, -0.2) is 4.79 Å². The Morgan fingerprint density at radius 1 is 1.80 bits per heavy atom. The third kappa shape index (κ3) is 3.04. The molecule has 0 aliphatic heterocycles. The molecule has 0 radical (unpaired) electrons. The van der Waals surface area contributed by atoms with E-state index in [1.807, 2.05) is 0 Å². The Bertz CT molecular complexity index is 158. The van der Waals surface area contributed by atoms with Crippen molar-refractivity contribution in [1.29, 1.82) is 0 Å². The van der Waals surface area contributed by atoms with Crippen LogP contribution >= 0.6 is 0 Å². The molecule has 0 heterocycles.